The smallest absolute Gasteiger partial charge is 0.221 e. The standard InChI is InChI=1S/C34H45N7O2/c1-34(2,3)23-41-30(22-24-18-20-25(21-19-24)28-16-10-11-17-29(28)31-36-39-40-37-31)35-32(38-41)33(42-26-12-6-4-7-13-26)43-27-14-8-5-9-15-27/h10-11,16-21,26-27,33H,4-9,12-15,22-23H2,1-3H3,(H,36,37,39,40). The van der Waals surface area contributed by atoms with Gasteiger partial charge in [-0.3, -0.25) is 0 Å². The fraction of sp³-hybridized carbons (Fsp3) is 0.559. The van der Waals surface area contributed by atoms with Crippen LogP contribution in [-0.2, 0) is 22.4 Å². The fourth-order valence-electron chi connectivity index (χ4n) is 6.31. The number of tetrazole rings is 1. The summed E-state index contributed by atoms with van der Waals surface area (Å²) in [7, 11) is 0. The van der Waals surface area contributed by atoms with E-state index >= 15 is 0 Å². The second-order valence-corrected chi connectivity index (χ2v) is 13.4. The Morgan fingerprint density at radius 3 is 2.05 bits per heavy atom. The van der Waals surface area contributed by atoms with Gasteiger partial charge in [-0.15, -0.1) is 5.10 Å². The molecule has 2 saturated carbocycles. The van der Waals surface area contributed by atoms with Gasteiger partial charge in [0, 0.05) is 18.5 Å². The predicted molar refractivity (Wildman–Crippen MR) is 166 cm³/mol. The Labute approximate surface area is 254 Å². The van der Waals surface area contributed by atoms with Crippen LogP contribution in [0.3, 0.4) is 0 Å². The van der Waals surface area contributed by atoms with E-state index in [4.69, 9.17) is 19.6 Å². The molecular weight excluding hydrogens is 538 g/mol. The molecule has 2 aromatic heterocycles. The molecule has 0 saturated heterocycles. The maximum Gasteiger partial charge on any atom is 0.221 e. The van der Waals surface area contributed by atoms with Crippen molar-refractivity contribution in [3.05, 3.63) is 65.7 Å². The Kier molecular flexibility index (Phi) is 9.28. The van der Waals surface area contributed by atoms with Gasteiger partial charge in [0.05, 0.1) is 12.2 Å². The van der Waals surface area contributed by atoms with Crippen LogP contribution in [0.15, 0.2) is 48.5 Å². The van der Waals surface area contributed by atoms with Gasteiger partial charge in [-0.1, -0.05) is 108 Å². The first-order valence-corrected chi connectivity index (χ1v) is 16.1. The number of ether oxygens (including phenoxy) is 2. The quantitative estimate of drug-likeness (QED) is 0.193. The molecular formula is C34H45N7O2. The van der Waals surface area contributed by atoms with Gasteiger partial charge in [0.25, 0.3) is 0 Å². The largest absolute Gasteiger partial charge is 0.342 e. The normalized spacial score (nSPS) is 17.1. The second kappa shape index (κ2) is 13.5. The number of hydrogen-bond acceptors (Lipinski definition) is 7. The third kappa shape index (κ3) is 7.75. The molecule has 9 nitrogen and oxygen atoms in total. The molecule has 0 aliphatic heterocycles. The van der Waals surface area contributed by atoms with Gasteiger partial charge in [-0.2, -0.15) is 5.10 Å². The van der Waals surface area contributed by atoms with Crippen LogP contribution in [0.25, 0.3) is 22.5 Å². The topological polar surface area (TPSA) is 104 Å². The number of hydrogen-bond donors (Lipinski definition) is 1. The van der Waals surface area contributed by atoms with Gasteiger partial charge in [0.2, 0.25) is 12.1 Å². The third-order valence-corrected chi connectivity index (χ3v) is 8.49. The average molecular weight is 584 g/mol. The molecule has 0 bridgehead atoms. The molecule has 2 aliphatic carbocycles. The molecule has 0 atom stereocenters. The Morgan fingerprint density at radius 2 is 1.47 bits per heavy atom. The first-order chi connectivity index (χ1) is 20.9. The molecule has 0 amide bonds. The van der Waals surface area contributed by atoms with E-state index in [1.54, 1.807) is 0 Å². The number of H-pyrrole nitrogens is 1. The van der Waals surface area contributed by atoms with Crippen molar-refractivity contribution in [2.24, 2.45) is 5.41 Å². The van der Waals surface area contributed by atoms with Crippen LogP contribution in [0, 0.1) is 5.41 Å². The minimum atomic E-state index is -0.518. The molecule has 228 valence electrons. The van der Waals surface area contributed by atoms with Gasteiger partial charge < -0.3 is 9.47 Å². The van der Waals surface area contributed by atoms with E-state index in [0.717, 1.165) is 54.7 Å². The number of benzene rings is 2. The van der Waals surface area contributed by atoms with Crippen molar-refractivity contribution in [2.75, 3.05) is 0 Å². The van der Waals surface area contributed by atoms with Crippen LogP contribution >= 0.6 is 0 Å². The van der Waals surface area contributed by atoms with Crippen LogP contribution in [0.2, 0.25) is 0 Å². The highest BCUT2D eigenvalue weighted by Gasteiger charge is 2.30. The van der Waals surface area contributed by atoms with E-state index in [9.17, 15) is 0 Å². The van der Waals surface area contributed by atoms with Gasteiger partial charge in [0.15, 0.2) is 5.82 Å². The van der Waals surface area contributed by atoms with Gasteiger partial charge in [0.1, 0.15) is 5.82 Å². The fourth-order valence-corrected chi connectivity index (χ4v) is 6.31. The minimum Gasteiger partial charge on any atom is -0.342 e. The first kappa shape index (κ1) is 29.6. The Bertz CT molecular complexity index is 1410. The zero-order chi connectivity index (χ0) is 29.6. The SMILES string of the molecule is CC(C)(C)Cn1nc(C(OC2CCCCC2)OC2CCCCC2)nc1Cc1ccc(-c2ccccc2-c2nnn[nH]2)cc1. The van der Waals surface area contributed by atoms with Gasteiger partial charge >= 0.3 is 0 Å². The van der Waals surface area contributed by atoms with Gasteiger partial charge in [-0.25, -0.2) is 14.8 Å². The summed E-state index contributed by atoms with van der Waals surface area (Å²) in [6, 6.07) is 16.8. The summed E-state index contributed by atoms with van der Waals surface area (Å²) in [6.07, 6.45) is 12.4. The molecule has 1 N–H and O–H groups in total. The van der Waals surface area contributed by atoms with Crippen molar-refractivity contribution in [1.82, 2.24) is 35.4 Å². The van der Waals surface area contributed by atoms with Crippen LogP contribution in [-0.4, -0.2) is 47.6 Å². The molecule has 43 heavy (non-hydrogen) atoms. The zero-order valence-corrected chi connectivity index (χ0v) is 25.8. The highest BCUT2D eigenvalue weighted by molar-refractivity contribution is 5.80. The van der Waals surface area contributed by atoms with E-state index in [1.807, 2.05) is 18.2 Å². The molecule has 0 spiro atoms. The van der Waals surface area contributed by atoms with E-state index in [0.29, 0.717) is 18.1 Å². The molecule has 0 radical (unpaired) electrons. The number of rotatable bonds is 10. The van der Waals surface area contributed by atoms with E-state index in [-0.39, 0.29) is 17.6 Å². The monoisotopic (exact) mass is 583 g/mol. The van der Waals surface area contributed by atoms with Gasteiger partial charge in [-0.05, 0) is 58.2 Å². The summed E-state index contributed by atoms with van der Waals surface area (Å²) in [4.78, 5) is 5.13. The van der Waals surface area contributed by atoms with E-state index in [2.05, 4.69) is 76.4 Å². The zero-order valence-electron chi connectivity index (χ0n) is 25.8. The number of nitrogens with zero attached hydrogens (tertiary/aromatic N) is 6. The summed E-state index contributed by atoms with van der Waals surface area (Å²) in [5.41, 5.74) is 4.38. The van der Waals surface area contributed by atoms with Crippen LogP contribution in [0.5, 0.6) is 0 Å². The maximum absolute atomic E-state index is 6.66. The van der Waals surface area contributed by atoms with Crippen molar-refractivity contribution >= 4 is 0 Å². The molecule has 2 aliphatic rings. The van der Waals surface area contributed by atoms with Crippen LogP contribution < -0.4 is 0 Å². The van der Waals surface area contributed by atoms with Crippen molar-refractivity contribution in [3.8, 4) is 22.5 Å². The maximum atomic E-state index is 6.66. The summed E-state index contributed by atoms with van der Waals surface area (Å²) < 4.78 is 15.4. The highest BCUT2D eigenvalue weighted by atomic mass is 16.7. The molecule has 0 unspecified atom stereocenters. The Balaban J connectivity index is 1.26. The van der Waals surface area contributed by atoms with Crippen molar-refractivity contribution in [1.29, 1.82) is 0 Å². The molecule has 9 heteroatoms. The summed E-state index contributed by atoms with van der Waals surface area (Å²) in [6.45, 7) is 7.49. The van der Waals surface area contributed by atoms with E-state index < -0.39 is 6.29 Å². The summed E-state index contributed by atoms with van der Waals surface area (Å²) in [5.74, 6) is 2.26. The van der Waals surface area contributed by atoms with Crippen molar-refractivity contribution in [2.45, 2.75) is 116 Å². The predicted octanol–water partition coefficient (Wildman–Crippen LogP) is 7.46. The average Bonchev–Trinajstić information content (AvgIpc) is 3.68. The number of aromatic amines is 1. The van der Waals surface area contributed by atoms with Crippen molar-refractivity contribution < 1.29 is 9.47 Å². The second-order valence-electron chi connectivity index (χ2n) is 13.4. The first-order valence-electron chi connectivity index (χ1n) is 16.1. The molecule has 2 heterocycles. The van der Waals surface area contributed by atoms with Crippen LogP contribution in [0.4, 0.5) is 0 Å². The summed E-state index contributed by atoms with van der Waals surface area (Å²) >= 11 is 0. The number of aromatic nitrogens is 7. The molecule has 4 aromatic rings. The molecule has 2 aromatic carbocycles. The number of nitrogens with one attached hydrogen (secondary N) is 1. The molecule has 6 rings (SSSR count). The highest BCUT2D eigenvalue weighted by Crippen LogP contribution is 2.33. The molecule has 2 fully saturated rings. The minimum absolute atomic E-state index is 0.0484. The third-order valence-electron chi connectivity index (χ3n) is 8.49. The lowest BCUT2D eigenvalue weighted by molar-refractivity contribution is -0.212. The Morgan fingerprint density at radius 1 is 0.837 bits per heavy atom. The van der Waals surface area contributed by atoms with Crippen molar-refractivity contribution in [3.63, 3.8) is 0 Å². The summed E-state index contributed by atoms with van der Waals surface area (Å²) in [5, 5.41) is 19.6. The lowest BCUT2D eigenvalue weighted by Gasteiger charge is -2.30. The lowest BCUT2D eigenvalue weighted by Crippen LogP contribution is -2.27. The lowest BCUT2D eigenvalue weighted by atomic mass is 9.96. The van der Waals surface area contributed by atoms with Crippen LogP contribution in [0.1, 0.15) is 108 Å². The Hall–Kier alpha value is -3.43. The van der Waals surface area contributed by atoms with E-state index in [1.165, 1.54) is 44.1 Å².